The van der Waals surface area contributed by atoms with Gasteiger partial charge in [0.1, 0.15) is 11.1 Å². The van der Waals surface area contributed by atoms with Crippen LogP contribution in [0.2, 0.25) is 0 Å². The van der Waals surface area contributed by atoms with E-state index in [0.29, 0.717) is 4.91 Å². The molecule has 8 nitrogen and oxygen atoms in total. The van der Waals surface area contributed by atoms with Crippen molar-refractivity contribution in [3.63, 3.8) is 0 Å². The molecule has 3 atom stereocenters. The van der Waals surface area contributed by atoms with Gasteiger partial charge in [-0.05, 0) is 14.0 Å². The molecule has 0 saturated carbocycles. The van der Waals surface area contributed by atoms with Gasteiger partial charge in [-0.1, -0.05) is 0 Å². The average Bonchev–Trinajstić information content (AvgIpc) is 2.62. The van der Waals surface area contributed by atoms with Crippen LogP contribution in [0.15, 0.2) is 10.6 Å². The maximum Gasteiger partial charge on any atom is 0.353 e. The van der Waals surface area contributed by atoms with Crippen LogP contribution in [0.3, 0.4) is 0 Å². The molecule has 116 valence electrons. The lowest BCUT2D eigenvalue weighted by molar-refractivity contribution is -0.156. The third kappa shape index (κ3) is 2.76. The molecular formula is C12H17N3O5S. The van der Waals surface area contributed by atoms with Crippen LogP contribution >= 0.6 is 11.8 Å². The zero-order valence-electron chi connectivity index (χ0n) is 11.6. The first-order valence-corrected chi connectivity index (χ1v) is 7.23. The fourth-order valence-corrected chi connectivity index (χ4v) is 4.22. The zero-order chi connectivity index (χ0) is 15.9. The highest BCUT2D eigenvalue weighted by atomic mass is 32.2. The van der Waals surface area contributed by atoms with Crippen LogP contribution in [0.5, 0.6) is 0 Å². The number of thioether (sulfide) groups is 1. The van der Waals surface area contributed by atoms with Gasteiger partial charge in [0.25, 0.3) is 0 Å². The molecular weight excluding hydrogens is 298 g/mol. The Kier molecular flexibility index (Phi) is 4.26. The van der Waals surface area contributed by atoms with Crippen molar-refractivity contribution in [1.82, 2.24) is 9.80 Å². The lowest BCUT2D eigenvalue weighted by atomic mass is 9.92. The molecule has 2 aliphatic rings. The van der Waals surface area contributed by atoms with Crippen molar-refractivity contribution in [2.45, 2.75) is 18.4 Å². The zero-order valence-corrected chi connectivity index (χ0v) is 12.5. The summed E-state index contributed by atoms with van der Waals surface area (Å²) in [5.41, 5.74) is 5.03. The van der Waals surface area contributed by atoms with Crippen molar-refractivity contribution in [3.8, 4) is 0 Å². The maximum atomic E-state index is 12.0. The van der Waals surface area contributed by atoms with Crippen molar-refractivity contribution in [1.29, 1.82) is 0 Å². The molecule has 0 spiro atoms. The van der Waals surface area contributed by atoms with Gasteiger partial charge in [-0.15, -0.1) is 11.8 Å². The minimum Gasteiger partial charge on any atom is -0.477 e. The Morgan fingerprint density at radius 3 is 2.62 bits per heavy atom. The molecule has 0 aromatic heterocycles. The molecule has 0 aromatic rings. The van der Waals surface area contributed by atoms with Gasteiger partial charge in [0, 0.05) is 11.4 Å². The monoisotopic (exact) mass is 315 g/mol. The normalized spacial score (nSPS) is 25.9. The quantitative estimate of drug-likeness (QED) is 0.516. The summed E-state index contributed by atoms with van der Waals surface area (Å²) >= 11 is 1.24. The number of carboxylic acid groups (broad SMARTS) is 1. The number of aliphatic hydroxyl groups excluding tert-OH is 1. The van der Waals surface area contributed by atoms with Crippen molar-refractivity contribution < 1.29 is 24.6 Å². The largest absolute Gasteiger partial charge is 0.477 e. The number of nitrogens with two attached hydrogens (primary N) is 1. The number of amides is 2. The van der Waals surface area contributed by atoms with E-state index in [1.807, 2.05) is 0 Å². The Labute approximate surface area is 125 Å². The SMILES string of the molecule is CC(O)[C@H]1C(=O)N2C(C(=O)O)=C(CN(C)CC(N)=O)S[C@H]12. The molecule has 0 radical (unpaired) electrons. The number of carbonyl (C=O) groups excluding carboxylic acids is 2. The highest BCUT2D eigenvalue weighted by Gasteiger charge is 2.57. The number of β-lactam (4-membered cyclic amide) rings is 1. The Balaban J connectivity index is 2.19. The van der Waals surface area contributed by atoms with Crippen LogP contribution < -0.4 is 5.73 Å². The number of likely N-dealkylation sites (N-methyl/N-ethyl adjacent to an activating group) is 1. The molecule has 4 N–H and O–H groups in total. The minimum absolute atomic E-state index is 0.00456. The molecule has 0 aromatic carbocycles. The summed E-state index contributed by atoms with van der Waals surface area (Å²) in [6, 6.07) is 0. The van der Waals surface area contributed by atoms with Crippen molar-refractivity contribution in [2.75, 3.05) is 20.1 Å². The van der Waals surface area contributed by atoms with E-state index in [4.69, 9.17) is 5.73 Å². The maximum absolute atomic E-state index is 12.0. The molecule has 2 amide bonds. The molecule has 21 heavy (non-hydrogen) atoms. The number of hydrogen-bond acceptors (Lipinski definition) is 6. The second kappa shape index (κ2) is 5.66. The molecule has 2 aliphatic heterocycles. The molecule has 1 fully saturated rings. The number of rotatable bonds is 6. The van der Waals surface area contributed by atoms with Gasteiger partial charge in [0.05, 0.1) is 18.6 Å². The number of aliphatic hydroxyl groups is 1. The van der Waals surface area contributed by atoms with E-state index in [1.165, 1.54) is 23.6 Å². The molecule has 2 rings (SSSR count). The predicted octanol–water partition coefficient (Wildman–Crippen LogP) is -1.39. The molecule has 1 unspecified atom stereocenters. The van der Waals surface area contributed by atoms with E-state index in [9.17, 15) is 24.6 Å². The number of fused-ring (bicyclic) bond motifs is 1. The second-order valence-electron chi connectivity index (χ2n) is 5.20. The molecule has 9 heteroatoms. The first-order valence-electron chi connectivity index (χ1n) is 6.35. The predicted molar refractivity (Wildman–Crippen MR) is 74.7 cm³/mol. The Morgan fingerprint density at radius 2 is 2.14 bits per heavy atom. The summed E-state index contributed by atoms with van der Waals surface area (Å²) in [5, 5.41) is 18.5. The van der Waals surface area contributed by atoms with Crippen molar-refractivity contribution >= 4 is 29.5 Å². The minimum atomic E-state index is -1.19. The number of nitrogens with zero attached hydrogens (tertiary/aromatic N) is 2. The highest BCUT2D eigenvalue weighted by molar-refractivity contribution is 8.04. The topological polar surface area (TPSA) is 124 Å². The Bertz CT molecular complexity index is 533. The van der Waals surface area contributed by atoms with Gasteiger partial charge < -0.3 is 15.9 Å². The third-order valence-corrected chi connectivity index (χ3v) is 4.77. The van der Waals surface area contributed by atoms with Crippen LogP contribution in [-0.2, 0) is 14.4 Å². The van der Waals surface area contributed by atoms with Gasteiger partial charge in [-0.25, -0.2) is 4.79 Å². The fourth-order valence-electron chi connectivity index (χ4n) is 2.53. The lowest BCUT2D eigenvalue weighted by Crippen LogP contribution is -2.60. The first-order chi connectivity index (χ1) is 9.73. The van der Waals surface area contributed by atoms with E-state index in [1.54, 1.807) is 11.9 Å². The van der Waals surface area contributed by atoms with Crippen LogP contribution in [-0.4, -0.2) is 69.4 Å². The van der Waals surface area contributed by atoms with Gasteiger partial charge in [0.15, 0.2) is 0 Å². The molecule has 2 heterocycles. The molecule has 1 saturated heterocycles. The summed E-state index contributed by atoms with van der Waals surface area (Å²) in [5.74, 6) is -2.68. The van der Waals surface area contributed by atoms with Gasteiger partial charge in [0.2, 0.25) is 11.8 Å². The number of carbonyl (C=O) groups is 3. The van der Waals surface area contributed by atoms with E-state index >= 15 is 0 Å². The van der Waals surface area contributed by atoms with Crippen molar-refractivity contribution in [2.24, 2.45) is 11.7 Å². The Morgan fingerprint density at radius 1 is 1.52 bits per heavy atom. The average molecular weight is 315 g/mol. The fraction of sp³-hybridized carbons (Fsp3) is 0.583. The van der Waals surface area contributed by atoms with Crippen molar-refractivity contribution in [3.05, 3.63) is 10.6 Å². The van der Waals surface area contributed by atoms with Gasteiger partial charge in [-0.3, -0.25) is 19.4 Å². The standard InChI is InChI=1S/C12H17N3O5S/c1-5(16)8-10(18)15-9(12(19)20)6(21-11(8)15)3-14(2)4-7(13)17/h5,8,11,16H,3-4H2,1-2H3,(H2,13,17)(H,19,20)/t5?,8-,11+/m0/s1. The third-order valence-electron chi connectivity index (χ3n) is 3.41. The summed E-state index contributed by atoms with van der Waals surface area (Å²) in [6.45, 7) is 1.72. The second-order valence-corrected chi connectivity index (χ2v) is 6.41. The van der Waals surface area contributed by atoms with E-state index < -0.39 is 23.9 Å². The Hall–Kier alpha value is -1.58. The number of carboxylic acids is 1. The first kappa shape index (κ1) is 15.8. The number of primary amides is 1. The summed E-state index contributed by atoms with van der Waals surface area (Å²) in [6.07, 6.45) is -0.830. The summed E-state index contributed by atoms with van der Waals surface area (Å²) in [4.78, 5) is 37.5. The highest BCUT2D eigenvalue weighted by Crippen LogP contribution is 2.50. The molecule has 0 bridgehead atoms. The van der Waals surface area contributed by atoms with Gasteiger partial charge >= 0.3 is 5.97 Å². The lowest BCUT2D eigenvalue weighted by Gasteiger charge is -2.43. The molecule has 0 aliphatic carbocycles. The van der Waals surface area contributed by atoms with Crippen LogP contribution in [0.4, 0.5) is 0 Å². The van der Waals surface area contributed by atoms with E-state index in [2.05, 4.69) is 0 Å². The van der Waals surface area contributed by atoms with Gasteiger partial charge in [-0.2, -0.15) is 0 Å². The van der Waals surface area contributed by atoms with Crippen LogP contribution in [0.25, 0.3) is 0 Å². The number of aliphatic carboxylic acids is 1. The number of hydrogen-bond donors (Lipinski definition) is 3. The van der Waals surface area contributed by atoms with E-state index in [-0.39, 0.29) is 30.1 Å². The van der Waals surface area contributed by atoms with Crippen LogP contribution in [0, 0.1) is 5.92 Å². The smallest absolute Gasteiger partial charge is 0.353 e. The van der Waals surface area contributed by atoms with E-state index in [0.717, 1.165) is 0 Å². The summed E-state index contributed by atoms with van der Waals surface area (Å²) < 4.78 is 0. The summed E-state index contributed by atoms with van der Waals surface area (Å²) in [7, 11) is 1.64. The van der Waals surface area contributed by atoms with Crippen LogP contribution in [0.1, 0.15) is 6.92 Å².